The summed E-state index contributed by atoms with van der Waals surface area (Å²) in [6, 6.07) is 0. The number of halogens is 3. The van der Waals surface area contributed by atoms with E-state index in [-0.39, 0.29) is 3.23 Å². The third-order valence-electron chi connectivity index (χ3n) is 1.27. The molecule has 0 N–H and O–H groups in total. The summed E-state index contributed by atoms with van der Waals surface area (Å²) in [7, 11) is 0. The lowest BCUT2D eigenvalue weighted by Crippen LogP contribution is -2.09. The van der Waals surface area contributed by atoms with Crippen LogP contribution in [0.3, 0.4) is 0 Å². The average molecular weight is 336 g/mol. The van der Waals surface area contributed by atoms with E-state index >= 15 is 0 Å². The van der Waals surface area contributed by atoms with Crippen LogP contribution in [0.2, 0.25) is 0 Å². The Hall–Kier alpha value is 1.44. The highest BCUT2D eigenvalue weighted by Crippen LogP contribution is 2.37. The highest BCUT2D eigenvalue weighted by Gasteiger charge is 2.20. The maximum atomic E-state index is 3.60. The molecule has 10 heavy (non-hydrogen) atoms. The van der Waals surface area contributed by atoms with E-state index in [2.05, 4.69) is 54.7 Å². The molecule has 0 rings (SSSR count). The maximum absolute atomic E-state index is 3.60. The van der Waals surface area contributed by atoms with Crippen molar-refractivity contribution in [3.8, 4) is 0 Å². The summed E-state index contributed by atoms with van der Waals surface area (Å²) in [6.07, 6.45) is 4.69. The van der Waals surface area contributed by atoms with Crippen LogP contribution in [0.4, 0.5) is 0 Å². The number of alkyl halides is 2. The number of unbranched alkanes of at least 4 members (excludes halogenated alkanes) is 1. The van der Waals surface area contributed by atoms with Crippen LogP contribution in [-0.4, -0.2) is 3.23 Å². The van der Waals surface area contributed by atoms with Crippen LogP contribution in [0.5, 0.6) is 0 Å². The zero-order valence-corrected chi connectivity index (χ0v) is 10.8. The van der Waals surface area contributed by atoms with Crippen molar-refractivity contribution >= 4 is 47.8 Å². The Labute approximate surface area is 88.5 Å². The average Bonchev–Trinajstić information content (AvgIpc) is 1.84. The fourth-order valence-corrected chi connectivity index (χ4v) is 2.96. The molecule has 0 aliphatic carbocycles. The monoisotopic (exact) mass is 333 g/mol. The van der Waals surface area contributed by atoms with Gasteiger partial charge in [-0.1, -0.05) is 67.6 Å². The van der Waals surface area contributed by atoms with Gasteiger partial charge in [-0.3, -0.25) is 0 Å². The van der Waals surface area contributed by atoms with E-state index in [1.807, 2.05) is 5.33 Å². The number of hydrogen-bond acceptors (Lipinski definition) is 0. The van der Waals surface area contributed by atoms with Gasteiger partial charge in [0.1, 0.15) is 0 Å². The molecule has 0 saturated carbocycles. The molecule has 0 aliphatic heterocycles. The molecule has 0 bridgehead atoms. The molecule has 0 aromatic heterocycles. The Kier molecular flexibility index (Phi) is 6.88. The molecule has 0 aliphatic rings. The summed E-state index contributed by atoms with van der Waals surface area (Å²) in [4.78, 5) is 0. The van der Waals surface area contributed by atoms with Gasteiger partial charge in [-0.2, -0.15) is 0 Å². The van der Waals surface area contributed by atoms with Crippen molar-refractivity contribution < 1.29 is 0 Å². The van der Waals surface area contributed by atoms with Crippen molar-refractivity contribution in [2.75, 3.05) is 0 Å². The van der Waals surface area contributed by atoms with E-state index in [4.69, 9.17) is 0 Å². The molecule has 3 heteroatoms. The third-order valence-corrected chi connectivity index (χ3v) is 3.04. The van der Waals surface area contributed by atoms with Gasteiger partial charge in [0.25, 0.3) is 0 Å². The van der Waals surface area contributed by atoms with E-state index in [1.54, 1.807) is 0 Å². The van der Waals surface area contributed by atoms with Crippen molar-refractivity contribution in [3.63, 3.8) is 0 Å². The minimum Gasteiger partial charge on any atom is -0.0878 e. The van der Waals surface area contributed by atoms with Gasteiger partial charge in [0.2, 0.25) is 0 Å². The first-order valence-electron chi connectivity index (χ1n) is 3.42. The van der Waals surface area contributed by atoms with Gasteiger partial charge in [-0.25, -0.2) is 0 Å². The highest BCUT2D eigenvalue weighted by atomic mass is 79.9. The predicted octanol–water partition coefficient (Wildman–Crippen LogP) is 4.61. The van der Waals surface area contributed by atoms with Gasteiger partial charge in [-0.15, -0.1) is 0 Å². The number of rotatable bonds is 5. The van der Waals surface area contributed by atoms with Crippen LogP contribution in [0.1, 0.15) is 32.6 Å². The number of hydrogen-bond donors (Lipinski definition) is 0. The minimum atomic E-state index is 0.125. The van der Waals surface area contributed by atoms with Gasteiger partial charge in [0, 0.05) is 5.33 Å². The standard InChI is InChI=1S/C7H12Br3/c1-2-3-4-7(9,10)5-6-8/h6H,2-5H2,1H3. The fraction of sp³-hybridized carbons (Fsp3) is 0.857. The van der Waals surface area contributed by atoms with Crippen LogP contribution < -0.4 is 0 Å². The summed E-state index contributed by atoms with van der Waals surface area (Å²) < 4.78 is 0.125. The van der Waals surface area contributed by atoms with Crippen molar-refractivity contribution in [1.82, 2.24) is 0 Å². The van der Waals surface area contributed by atoms with E-state index in [0.29, 0.717) is 0 Å². The third kappa shape index (κ3) is 6.17. The topological polar surface area (TPSA) is 0 Å². The molecule has 1 radical (unpaired) electrons. The maximum Gasteiger partial charge on any atom is 0.0816 e. The molecule has 0 amide bonds. The Morgan fingerprint density at radius 3 is 2.40 bits per heavy atom. The zero-order chi connectivity index (χ0) is 8.04. The summed E-state index contributed by atoms with van der Waals surface area (Å²) in [5.74, 6) is 0. The molecule has 61 valence electrons. The fourth-order valence-electron chi connectivity index (χ4n) is 0.650. The first kappa shape index (κ1) is 11.4. The SMILES string of the molecule is CCCCC(Br)(Br)C[CH]Br. The van der Waals surface area contributed by atoms with Crippen molar-refractivity contribution in [2.45, 2.75) is 35.8 Å². The van der Waals surface area contributed by atoms with Crippen LogP contribution in [0.25, 0.3) is 0 Å². The quantitative estimate of drug-likeness (QED) is 0.644. The second-order valence-electron chi connectivity index (χ2n) is 2.32. The Bertz CT molecular complexity index is 80.9. The van der Waals surface area contributed by atoms with Crippen LogP contribution >= 0.6 is 47.8 Å². The Morgan fingerprint density at radius 2 is 2.00 bits per heavy atom. The molecule has 0 fully saturated rings. The molecule has 0 saturated heterocycles. The van der Waals surface area contributed by atoms with Gasteiger partial charge < -0.3 is 0 Å². The van der Waals surface area contributed by atoms with E-state index in [9.17, 15) is 0 Å². The van der Waals surface area contributed by atoms with Crippen molar-refractivity contribution in [2.24, 2.45) is 0 Å². The zero-order valence-electron chi connectivity index (χ0n) is 6.04. The summed E-state index contributed by atoms with van der Waals surface area (Å²) in [5.41, 5.74) is 0. The van der Waals surface area contributed by atoms with Crippen LogP contribution in [0, 0.1) is 5.33 Å². The normalized spacial score (nSPS) is 12.0. The molecule has 0 unspecified atom stereocenters. The van der Waals surface area contributed by atoms with Crippen LogP contribution in [0.15, 0.2) is 0 Å². The minimum absolute atomic E-state index is 0.125. The molecule has 0 atom stereocenters. The second kappa shape index (κ2) is 6.01. The molecular formula is C7H12Br3. The molecular weight excluding hydrogens is 324 g/mol. The summed E-state index contributed by atoms with van der Waals surface area (Å²) in [5, 5.41) is 1.99. The van der Waals surface area contributed by atoms with Gasteiger partial charge >= 0.3 is 0 Å². The van der Waals surface area contributed by atoms with Crippen molar-refractivity contribution in [3.05, 3.63) is 5.33 Å². The van der Waals surface area contributed by atoms with E-state index in [0.717, 1.165) is 6.42 Å². The lowest BCUT2D eigenvalue weighted by Gasteiger charge is -2.17. The Balaban J connectivity index is 3.42. The smallest absolute Gasteiger partial charge is 0.0816 e. The highest BCUT2D eigenvalue weighted by molar-refractivity contribution is 9.25. The van der Waals surface area contributed by atoms with Crippen molar-refractivity contribution in [1.29, 1.82) is 0 Å². The molecule has 0 aromatic rings. The molecule has 0 spiro atoms. The van der Waals surface area contributed by atoms with Gasteiger partial charge in [0.05, 0.1) is 3.23 Å². The first-order chi connectivity index (χ1) is 4.62. The lowest BCUT2D eigenvalue weighted by molar-refractivity contribution is 0.669. The summed E-state index contributed by atoms with van der Waals surface area (Å²) >= 11 is 10.5. The van der Waals surface area contributed by atoms with Gasteiger partial charge in [-0.05, 0) is 12.8 Å². The molecule has 0 heterocycles. The molecule has 0 aromatic carbocycles. The first-order valence-corrected chi connectivity index (χ1v) is 5.92. The second-order valence-corrected chi connectivity index (χ2v) is 7.07. The summed E-state index contributed by atoms with van der Waals surface area (Å²) in [6.45, 7) is 2.20. The van der Waals surface area contributed by atoms with Crippen LogP contribution in [-0.2, 0) is 0 Å². The van der Waals surface area contributed by atoms with Gasteiger partial charge in [0.15, 0.2) is 0 Å². The Morgan fingerprint density at radius 1 is 1.40 bits per heavy atom. The lowest BCUT2D eigenvalue weighted by atomic mass is 10.2. The van der Waals surface area contributed by atoms with E-state index in [1.165, 1.54) is 19.3 Å². The molecule has 0 nitrogen and oxygen atoms in total. The van der Waals surface area contributed by atoms with E-state index < -0.39 is 0 Å². The predicted molar refractivity (Wildman–Crippen MR) is 58.0 cm³/mol. The largest absolute Gasteiger partial charge is 0.0878 e.